The molecule has 0 spiro atoms. The molecule has 0 nitrogen and oxygen atoms in total. The maximum atomic E-state index is 3.68. The van der Waals surface area contributed by atoms with Gasteiger partial charge in [0.2, 0.25) is 0 Å². The summed E-state index contributed by atoms with van der Waals surface area (Å²) in [5.74, 6) is 0. The molecule has 0 amide bonds. The summed E-state index contributed by atoms with van der Waals surface area (Å²) >= 11 is 0. The first kappa shape index (κ1) is 8.00. The maximum Gasteiger partial charge on any atom is -0.0176 e. The molecule has 0 aromatic carbocycles. The Balaban J connectivity index is 3.97. The lowest BCUT2D eigenvalue weighted by Gasteiger charge is -1.78. The molecule has 0 aromatic rings. The van der Waals surface area contributed by atoms with Crippen molar-refractivity contribution in [2.75, 3.05) is 0 Å². The molecule has 0 aliphatic rings. The molecule has 0 heteroatoms. The van der Waals surface area contributed by atoms with E-state index < -0.39 is 0 Å². The first-order valence-electron chi connectivity index (χ1n) is 2.86. The molecule has 0 unspecified atom stereocenters. The van der Waals surface area contributed by atoms with Crippen LogP contribution in [0.4, 0.5) is 0 Å². The Bertz CT molecular complexity index is 158. The van der Waals surface area contributed by atoms with Crippen LogP contribution in [0.1, 0.15) is 13.8 Å². The van der Waals surface area contributed by atoms with Crippen molar-refractivity contribution in [2.45, 2.75) is 13.8 Å². The highest BCUT2D eigenvalue weighted by Gasteiger charge is 1.69. The lowest BCUT2D eigenvalue weighted by molar-refractivity contribution is 1.54. The van der Waals surface area contributed by atoms with Crippen molar-refractivity contribution in [1.29, 1.82) is 0 Å². The van der Waals surface area contributed by atoms with Gasteiger partial charge in [-0.3, -0.25) is 0 Å². The fraction of sp³-hybridized carbons (Fsp3) is 0.222. The lowest BCUT2D eigenvalue weighted by atomic mass is 10.3. The van der Waals surface area contributed by atoms with Gasteiger partial charge in [-0.1, -0.05) is 24.3 Å². The highest BCUT2D eigenvalue weighted by molar-refractivity contribution is 5.16. The molecule has 9 heavy (non-hydrogen) atoms. The van der Waals surface area contributed by atoms with E-state index in [-0.39, 0.29) is 0 Å². The van der Waals surface area contributed by atoms with Crippen LogP contribution < -0.4 is 0 Å². The average Bonchev–Trinajstić information content (AvgIpc) is 1.63. The summed E-state index contributed by atoms with van der Waals surface area (Å²) < 4.78 is 0. The van der Waals surface area contributed by atoms with E-state index in [9.17, 15) is 0 Å². The third kappa shape index (κ3) is 7.00. The molecule has 0 bridgehead atoms. The molecule has 0 fully saturated rings. The second-order valence-corrected chi connectivity index (χ2v) is 2.15. The lowest BCUT2D eigenvalue weighted by Crippen LogP contribution is -1.58. The predicted octanol–water partition coefficient (Wildman–Crippen LogP) is 2.85. The van der Waals surface area contributed by atoms with E-state index in [0.29, 0.717) is 0 Å². The number of allylic oxidation sites excluding steroid dienone is 3. The van der Waals surface area contributed by atoms with Crippen molar-refractivity contribution in [2.24, 2.45) is 0 Å². The minimum atomic E-state index is 1.01. The molecular weight excluding hydrogens is 108 g/mol. The highest BCUT2D eigenvalue weighted by Crippen LogP contribution is 1.89. The van der Waals surface area contributed by atoms with Gasteiger partial charge in [-0.25, -0.2) is 0 Å². The summed E-state index contributed by atoms with van der Waals surface area (Å²) in [6, 6.07) is 0. The van der Waals surface area contributed by atoms with E-state index in [1.165, 1.54) is 0 Å². The minimum Gasteiger partial charge on any atom is -0.120 e. The third-order valence-electron chi connectivity index (χ3n) is 0.659. The zero-order valence-corrected chi connectivity index (χ0v) is 6.07. The fourth-order valence-corrected chi connectivity index (χ4v) is 0.326. The molecule has 0 aromatic heterocycles. The topological polar surface area (TPSA) is 0 Å². The van der Waals surface area contributed by atoms with E-state index in [0.717, 1.165) is 11.1 Å². The van der Waals surface area contributed by atoms with E-state index >= 15 is 0 Å². The zero-order valence-electron chi connectivity index (χ0n) is 6.07. The molecule has 0 N–H and O–H groups in total. The van der Waals surface area contributed by atoms with Crippen molar-refractivity contribution < 1.29 is 0 Å². The van der Waals surface area contributed by atoms with E-state index in [4.69, 9.17) is 0 Å². The van der Waals surface area contributed by atoms with Crippen LogP contribution in [-0.4, -0.2) is 0 Å². The largest absolute Gasteiger partial charge is 0.120 e. The smallest absolute Gasteiger partial charge is 0.0176 e. The first-order valence-corrected chi connectivity index (χ1v) is 2.86. The zero-order chi connectivity index (χ0) is 7.28. The van der Waals surface area contributed by atoms with Gasteiger partial charge in [0.15, 0.2) is 0 Å². The number of rotatable bonds is 2. The molecule has 0 heterocycles. The van der Waals surface area contributed by atoms with Gasteiger partial charge >= 0.3 is 0 Å². The van der Waals surface area contributed by atoms with E-state index in [1.54, 1.807) is 0 Å². The van der Waals surface area contributed by atoms with Gasteiger partial charge in [0.1, 0.15) is 0 Å². The van der Waals surface area contributed by atoms with Gasteiger partial charge in [-0.05, 0) is 26.0 Å². The van der Waals surface area contributed by atoms with Crippen LogP contribution >= 0.6 is 0 Å². The van der Waals surface area contributed by atoms with Crippen LogP contribution in [0.3, 0.4) is 0 Å². The summed E-state index contributed by atoms with van der Waals surface area (Å²) in [7, 11) is 0. The summed E-state index contributed by atoms with van der Waals surface area (Å²) in [6.45, 7) is 11.2. The van der Waals surface area contributed by atoms with Crippen molar-refractivity contribution >= 4 is 0 Å². The standard InChI is InChI=1S/C9H12/c1-8(2)6-5-7-9(3)4/h6-7H,1,3H2,2,4H3. The van der Waals surface area contributed by atoms with Crippen LogP contribution in [0.25, 0.3) is 0 Å². The SMILES string of the molecule is C=C(C)C=C=CC(=C)C. The van der Waals surface area contributed by atoms with Crippen molar-refractivity contribution in [3.05, 3.63) is 42.2 Å². The van der Waals surface area contributed by atoms with Crippen LogP contribution in [0.5, 0.6) is 0 Å². The Morgan fingerprint density at radius 1 is 1.11 bits per heavy atom. The van der Waals surface area contributed by atoms with E-state index in [1.807, 2.05) is 26.0 Å². The molecular formula is C9H12. The van der Waals surface area contributed by atoms with Crippen LogP contribution in [0.2, 0.25) is 0 Å². The minimum absolute atomic E-state index is 1.01. The molecule has 0 radical (unpaired) electrons. The van der Waals surface area contributed by atoms with E-state index in [2.05, 4.69) is 18.9 Å². The number of hydrogen-bond donors (Lipinski definition) is 0. The Morgan fingerprint density at radius 3 is 1.67 bits per heavy atom. The normalized spacial score (nSPS) is 7.33. The molecule has 0 atom stereocenters. The van der Waals surface area contributed by atoms with Gasteiger partial charge in [0.25, 0.3) is 0 Å². The van der Waals surface area contributed by atoms with Gasteiger partial charge in [0, 0.05) is 0 Å². The number of hydrogen-bond acceptors (Lipinski definition) is 0. The summed E-state index contributed by atoms with van der Waals surface area (Å²) in [5.41, 5.74) is 4.95. The van der Waals surface area contributed by atoms with Crippen LogP contribution in [0.15, 0.2) is 42.2 Å². The predicted molar refractivity (Wildman–Crippen MR) is 42.3 cm³/mol. The first-order chi connectivity index (χ1) is 4.13. The molecule has 0 aliphatic carbocycles. The highest BCUT2D eigenvalue weighted by atomic mass is 13.7. The molecule has 0 saturated heterocycles. The Hall–Kier alpha value is -1.00. The quantitative estimate of drug-likeness (QED) is 0.388. The van der Waals surface area contributed by atoms with Crippen molar-refractivity contribution in [3.63, 3.8) is 0 Å². The van der Waals surface area contributed by atoms with Gasteiger partial charge in [-0.15, -0.1) is 5.73 Å². The molecule has 0 saturated carbocycles. The second kappa shape index (κ2) is 3.94. The average molecular weight is 120 g/mol. The molecule has 48 valence electrons. The van der Waals surface area contributed by atoms with Crippen LogP contribution in [-0.2, 0) is 0 Å². The summed E-state index contributed by atoms with van der Waals surface area (Å²) in [5, 5.41) is 0. The Kier molecular flexibility index (Phi) is 3.50. The monoisotopic (exact) mass is 120 g/mol. The second-order valence-electron chi connectivity index (χ2n) is 2.15. The summed E-state index contributed by atoms with van der Waals surface area (Å²) in [4.78, 5) is 0. The van der Waals surface area contributed by atoms with Gasteiger partial charge < -0.3 is 0 Å². The summed E-state index contributed by atoms with van der Waals surface area (Å²) in [6.07, 6.45) is 3.66. The molecule has 0 aliphatic heterocycles. The van der Waals surface area contributed by atoms with Gasteiger partial charge in [-0.2, -0.15) is 0 Å². The Morgan fingerprint density at radius 2 is 1.44 bits per heavy atom. The maximum absolute atomic E-state index is 3.68. The van der Waals surface area contributed by atoms with Crippen molar-refractivity contribution in [3.8, 4) is 0 Å². The third-order valence-corrected chi connectivity index (χ3v) is 0.659. The van der Waals surface area contributed by atoms with Gasteiger partial charge in [0.05, 0.1) is 0 Å². The van der Waals surface area contributed by atoms with Crippen LogP contribution in [0, 0.1) is 0 Å². The fourth-order valence-electron chi connectivity index (χ4n) is 0.326. The van der Waals surface area contributed by atoms with Crippen molar-refractivity contribution in [1.82, 2.24) is 0 Å². The Labute approximate surface area is 56.9 Å². The molecule has 0 rings (SSSR count).